The molecule has 1 aliphatic rings. The van der Waals surface area contributed by atoms with Crippen LogP contribution in [-0.2, 0) is 4.74 Å². The van der Waals surface area contributed by atoms with Gasteiger partial charge in [-0.1, -0.05) is 32.4 Å². The van der Waals surface area contributed by atoms with Crippen molar-refractivity contribution in [3.63, 3.8) is 0 Å². The summed E-state index contributed by atoms with van der Waals surface area (Å²) in [6.45, 7) is 11.0. The predicted octanol–water partition coefficient (Wildman–Crippen LogP) is 4.62. The summed E-state index contributed by atoms with van der Waals surface area (Å²) in [5.41, 5.74) is 0.0805. The van der Waals surface area contributed by atoms with Crippen molar-refractivity contribution in [3.05, 3.63) is 42.0 Å². The van der Waals surface area contributed by atoms with Crippen molar-refractivity contribution in [2.24, 2.45) is 11.8 Å². The molecule has 1 aromatic rings. The van der Waals surface area contributed by atoms with E-state index in [-0.39, 0.29) is 5.97 Å². The molecule has 0 bridgehead atoms. The first-order valence-electron chi connectivity index (χ1n) is 9.00. The van der Waals surface area contributed by atoms with Gasteiger partial charge in [0.2, 0.25) is 0 Å². The third-order valence-corrected chi connectivity index (χ3v) is 3.74. The second-order valence-electron chi connectivity index (χ2n) is 7.41. The maximum Gasteiger partial charge on any atom is 0.338 e. The first-order valence-corrected chi connectivity index (χ1v) is 9.00. The molecule has 0 spiro atoms. The number of carbonyl (C=O) groups excluding carboxylic acids is 1. The second kappa shape index (κ2) is 10.2. The van der Waals surface area contributed by atoms with E-state index < -0.39 is 5.60 Å². The van der Waals surface area contributed by atoms with Crippen LogP contribution >= 0.6 is 0 Å². The number of benzene rings is 1. The number of aliphatic hydroxyl groups excluding tert-OH is 1. The molecule has 0 aliphatic heterocycles. The van der Waals surface area contributed by atoms with Gasteiger partial charge in [0.25, 0.3) is 0 Å². The van der Waals surface area contributed by atoms with E-state index in [1.807, 2.05) is 45.1 Å². The van der Waals surface area contributed by atoms with Crippen LogP contribution in [0.15, 0.2) is 36.4 Å². The van der Waals surface area contributed by atoms with Gasteiger partial charge in [-0.3, -0.25) is 0 Å². The summed E-state index contributed by atoms with van der Waals surface area (Å²) in [5.74, 6) is 1.61. The van der Waals surface area contributed by atoms with E-state index in [0.29, 0.717) is 30.6 Å². The Bertz CT molecular complexity index is 534. The summed E-state index contributed by atoms with van der Waals surface area (Å²) in [5, 5.41) is 8.14. The van der Waals surface area contributed by atoms with E-state index in [0.717, 1.165) is 12.2 Å². The molecule has 0 saturated heterocycles. The standard InChI is InChI=1S/C17H26O3.C4H6O/c1-6-13(2)11-12-19-15-9-7-14(8-10-15)16(18)20-17(3,4)5;5-3-4-1-2-4/h7-10,13H,6,11-12H2,1-5H3;1-2,4-5H,3H2. The molecule has 1 unspecified atom stereocenters. The Morgan fingerprint density at radius 1 is 1.20 bits per heavy atom. The Labute approximate surface area is 151 Å². The van der Waals surface area contributed by atoms with E-state index in [1.54, 1.807) is 12.1 Å². The summed E-state index contributed by atoms with van der Waals surface area (Å²) >= 11 is 0. The van der Waals surface area contributed by atoms with Gasteiger partial charge in [0.15, 0.2) is 0 Å². The highest BCUT2D eigenvalue weighted by atomic mass is 16.6. The minimum absolute atomic E-state index is 0.302. The smallest absolute Gasteiger partial charge is 0.338 e. The van der Waals surface area contributed by atoms with Gasteiger partial charge in [-0.2, -0.15) is 0 Å². The van der Waals surface area contributed by atoms with Crippen molar-refractivity contribution in [2.45, 2.75) is 53.1 Å². The molecule has 0 heterocycles. The van der Waals surface area contributed by atoms with Gasteiger partial charge in [0, 0.05) is 5.92 Å². The topological polar surface area (TPSA) is 55.8 Å². The van der Waals surface area contributed by atoms with Crippen LogP contribution in [0.5, 0.6) is 5.75 Å². The van der Waals surface area contributed by atoms with Gasteiger partial charge in [-0.05, 0) is 57.4 Å². The molecule has 0 aromatic heterocycles. The van der Waals surface area contributed by atoms with Crippen LogP contribution < -0.4 is 4.74 Å². The number of hydrogen-bond donors (Lipinski definition) is 1. The van der Waals surface area contributed by atoms with E-state index in [9.17, 15) is 4.79 Å². The first-order chi connectivity index (χ1) is 11.7. The minimum Gasteiger partial charge on any atom is -0.494 e. The third kappa shape index (κ3) is 9.92. The molecular weight excluding hydrogens is 316 g/mol. The Hall–Kier alpha value is -1.81. The molecular formula is C21H32O4. The van der Waals surface area contributed by atoms with Crippen LogP contribution in [0.25, 0.3) is 0 Å². The summed E-state index contributed by atoms with van der Waals surface area (Å²) in [6.07, 6.45) is 6.16. The molecule has 1 atom stereocenters. The van der Waals surface area contributed by atoms with Gasteiger partial charge in [0.1, 0.15) is 11.4 Å². The fraction of sp³-hybridized carbons (Fsp3) is 0.571. The Balaban J connectivity index is 0.000000531. The zero-order valence-corrected chi connectivity index (χ0v) is 16.1. The number of rotatable bonds is 7. The zero-order valence-electron chi connectivity index (χ0n) is 16.1. The second-order valence-corrected chi connectivity index (χ2v) is 7.41. The highest BCUT2D eigenvalue weighted by Gasteiger charge is 2.17. The summed E-state index contributed by atoms with van der Waals surface area (Å²) in [4.78, 5) is 11.9. The Morgan fingerprint density at radius 2 is 1.80 bits per heavy atom. The van der Waals surface area contributed by atoms with Gasteiger partial charge >= 0.3 is 5.97 Å². The summed E-state index contributed by atoms with van der Waals surface area (Å²) in [6, 6.07) is 7.12. The molecule has 0 saturated carbocycles. The maximum atomic E-state index is 11.9. The molecule has 140 valence electrons. The van der Waals surface area contributed by atoms with Crippen LogP contribution in [0.3, 0.4) is 0 Å². The molecule has 1 N–H and O–H groups in total. The highest BCUT2D eigenvalue weighted by Crippen LogP contribution is 2.17. The van der Waals surface area contributed by atoms with Crippen LogP contribution in [0.4, 0.5) is 0 Å². The molecule has 1 aromatic carbocycles. The van der Waals surface area contributed by atoms with Gasteiger partial charge < -0.3 is 14.6 Å². The Morgan fingerprint density at radius 3 is 2.20 bits per heavy atom. The molecule has 1 aliphatic carbocycles. The van der Waals surface area contributed by atoms with Gasteiger partial charge in [-0.15, -0.1) is 0 Å². The number of esters is 1. The van der Waals surface area contributed by atoms with Crippen molar-refractivity contribution in [3.8, 4) is 5.75 Å². The summed E-state index contributed by atoms with van der Waals surface area (Å²) in [7, 11) is 0. The average Bonchev–Trinajstić information content (AvgIpc) is 3.38. The van der Waals surface area contributed by atoms with Crippen molar-refractivity contribution < 1.29 is 19.4 Å². The van der Waals surface area contributed by atoms with Crippen LogP contribution in [0.2, 0.25) is 0 Å². The lowest BCUT2D eigenvalue weighted by atomic mass is 10.1. The van der Waals surface area contributed by atoms with E-state index in [1.165, 1.54) is 6.42 Å². The SMILES string of the molecule is CCC(C)CCOc1ccc(C(=O)OC(C)(C)C)cc1.OCC1C=C1. The fourth-order valence-electron chi connectivity index (χ4n) is 1.81. The molecule has 0 radical (unpaired) electrons. The third-order valence-electron chi connectivity index (χ3n) is 3.74. The first kappa shape index (κ1) is 21.2. The number of hydrogen-bond acceptors (Lipinski definition) is 4. The van der Waals surface area contributed by atoms with Crippen LogP contribution in [-0.4, -0.2) is 29.9 Å². The van der Waals surface area contributed by atoms with Crippen molar-refractivity contribution in [1.82, 2.24) is 0 Å². The minimum atomic E-state index is -0.470. The zero-order chi connectivity index (χ0) is 18.9. The predicted molar refractivity (Wildman–Crippen MR) is 101 cm³/mol. The van der Waals surface area contributed by atoms with Crippen molar-refractivity contribution >= 4 is 5.97 Å². The molecule has 4 heteroatoms. The molecule has 0 fully saturated rings. The maximum absolute atomic E-state index is 11.9. The lowest BCUT2D eigenvalue weighted by Crippen LogP contribution is -2.23. The van der Waals surface area contributed by atoms with Crippen LogP contribution in [0.1, 0.15) is 57.8 Å². The molecule has 25 heavy (non-hydrogen) atoms. The van der Waals surface area contributed by atoms with Crippen LogP contribution in [0, 0.1) is 11.8 Å². The molecule has 0 amide bonds. The van der Waals surface area contributed by atoms with Crippen molar-refractivity contribution in [2.75, 3.05) is 13.2 Å². The quantitative estimate of drug-likeness (QED) is 0.577. The lowest BCUT2D eigenvalue weighted by molar-refractivity contribution is 0.00695. The molecule has 2 rings (SSSR count). The van der Waals surface area contributed by atoms with E-state index >= 15 is 0 Å². The Kier molecular flexibility index (Phi) is 8.70. The van der Waals surface area contributed by atoms with Gasteiger partial charge in [-0.25, -0.2) is 4.79 Å². The normalized spacial score (nSPS) is 14.3. The fourth-order valence-corrected chi connectivity index (χ4v) is 1.81. The number of aliphatic hydroxyl groups is 1. The monoisotopic (exact) mass is 348 g/mol. The lowest BCUT2D eigenvalue weighted by Gasteiger charge is -2.19. The number of carbonyl (C=O) groups is 1. The van der Waals surface area contributed by atoms with E-state index in [2.05, 4.69) is 13.8 Å². The van der Waals surface area contributed by atoms with E-state index in [4.69, 9.17) is 14.6 Å². The summed E-state index contributed by atoms with van der Waals surface area (Å²) < 4.78 is 11.0. The highest BCUT2D eigenvalue weighted by molar-refractivity contribution is 5.89. The average molecular weight is 348 g/mol. The van der Waals surface area contributed by atoms with Crippen molar-refractivity contribution in [1.29, 1.82) is 0 Å². The van der Waals surface area contributed by atoms with Gasteiger partial charge in [0.05, 0.1) is 18.8 Å². The molecule has 4 nitrogen and oxygen atoms in total. The largest absolute Gasteiger partial charge is 0.494 e. The number of ether oxygens (including phenoxy) is 2.